The van der Waals surface area contributed by atoms with Crippen molar-refractivity contribution >= 4 is 11.7 Å². The molecule has 0 unspecified atom stereocenters. The summed E-state index contributed by atoms with van der Waals surface area (Å²) in [5.41, 5.74) is 1.51. The average Bonchev–Trinajstić information content (AvgIpc) is 3.22. The molecule has 0 aliphatic rings. The fourth-order valence-electron chi connectivity index (χ4n) is 2.61. The van der Waals surface area contributed by atoms with Gasteiger partial charge in [0.2, 0.25) is 5.82 Å². The van der Waals surface area contributed by atoms with Crippen molar-refractivity contribution in [2.24, 2.45) is 0 Å². The largest absolute Gasteiger partial charge is 0.497 e. The van der Waals surface area contributed by atoms with E-state index >= 15 is 0 Å². The van der Waals surface area contributed by atoms with Crippen LogP contribution in [0.2, 0.25) is 0 Å². The van der Waals surface area contributed by atoms with Crippen LogP contribution in [-0.4, -0.2) is 45.6 Å². The predicted octanol–water partition coefficient (Wildman–Crippen LogP) is 3.54. The fraction of sp³-hybridized carbons (Fsp3) is 0.263. The molecule has 3 rings (SSSR count). The first-order chi connectivity index (χ1) is 13.1. The Morgan fingerprint density at radius 2 is 1.56 bits per heavy atom. The average molecular weight is 371 g/mol. The number of hydrogen-bond acceptors (Lipinski definition) is 8. The first-order valence-electron chi connectivity index (χ1n) is 8.13. The summed E-state index contributed by atoms with van der Waals surface area (Å²) in [6, 6.07) is 11.2. The molecule has 0 amide bonds. The van der Waals surface area contributed by atoms with Gasteiger partial charge in [0.05, 0.1) is 34.1 Å². The van der Waals surface area contributed by atoms with Crippen LogP contribution < -0.4 is 23.8 Å². The summed E-state index contributed by atoms with van der Waals surface area (Å²) in [6.07, 6.45) is 0. The lowest BCUT2D eigenvalue weighted by Gasteiger charge is -2.17. The Kier molecular flexibility index (Phi) is 5.35. The van der Waals surface area contributed by atoms with Gasteiger partial charge >= 0.3 is 6.01 Å². The zero-order chi connectivity index (χ0) is 19.4. The van der Waals surface area contributed by atoms with E-state index in [1.165, 1.54) is 0 Å². The lowest BCUT2D eigenvalue weighted by atomic mass is 10.2. The number of hydrogen-bond donors (Lipinski definition) is 0. The molecule has 8 heteroatoms. The van der Waals surface area contributed by atoms with Gasteiger partial charge in [0.25, 0.3) is 0 Å². The van der Waals surface area contributed by atoms with Crippen molar-refractivity contribution in [2.75, 3.05) is 40.4 Å². The molecular weight excluding hydrogens is 350 g/mol. The maximum atomic E-state index is 5.44. The van der Waals surface area contributed by atoms with Crippen LogP contribution in [0.4, 0.5) is 11.7 Å². The van der Waals surface area contributed by atoms with Gasteiger partial charge in [0.15, 0.2) is 11.5 Å². The molecule has 8 nitrogen and oxygen atoms in total. The van der Waals surface area contributed by atoms with Crippen molar-refractivity contribution in [3.63, 3.8) is 0 Å². The summed E-state index contributed by atoms with van der Waals surface area (Å²) in [6.45, 7) is 0. The number of aromatic nitrogens is 2. The molecule has 0 aliphatic heterocycles. The molecule has 142 valence electrons. The van der Waals surface area contributed by atoms with Crippen LogP contribution in [0.15, 0.2) is 40.9 Å². The van der Waals surface area contributed by atoms with E-state index in [1.54, 1.807) is 51.5 Å². The number of ether oxygens (including phenoxy) is 4. The van der Waals surface area contributed by atoms with E-state index in [0.717, 1.165) is 11.3 Å². The monoisotopic (exact) mass is 371 g/mol. The van der Waals surface area contributed by atoms with Crippen LogP contribution in [0.25, 0.3) is 11.4 Å². The Bertz CT molecular complexity index is 925. The van der Waals surface area contributed by atoms with E-state index in [0.29, 0.717) is 34.8 Å². The third-order valence-electron chi connectivity index (χ3n) is 4.09. The third-order valence-corrected chi connectivity index (χ3v) is 4.09. The molecule has 0 bridgehead atoms. The van der Waals surface area contributed by atoms with Crippen LogP contribution in [0, 0.1) is 0 Å². The second-order valence-electron chi connectivity index (χ2n) is 5.57. The van der Waals surface area contributed by atoms with Crippen molar-refractivity contribution in [3.05, 3.63) is 36.4 Å². The molecule has 3 aromatic rings. The van der Waals surface area contributed by atoms with Gasteiger partial charge in [-0.3, -0.25) is 4.90 Å². The molecule has 0 atom stereocenters. The number of rotatable bonds is 7. The standard InChI is InChI=1S/C19H21N3O5/c1-22(14-8-7-13(23-2)11-16(14)25-4)19-20-18(21-27-19)12-6-9-15(24-3)17(10-12)26-5/h6-11H,1-5H3. The Morgan fingerprint density at radius 3 is 2.22 bits per heavy atom. The first-order valence-corrected chi connectivity index (χ1v) is 8.13. The van der Waals surface area contributed by atoms with E-state index in [9.17, 15) is 0 Å². The SMILES string of the molecule is COc1ccc(N(C)c2nc(-c3ccc(OC)c(OC)c3)no2)c(OC)c1. The Balaban J connectivity index is 1.92. The predicted molar refractivity (Wildman–Crippen MR) is 100 cm³/mol. The van der Waals surface area contributed by atoms with Crippen molar-refractivity contribution in [3.8, 4) is 34.4 Å². The highest BCUT2D eigenvalue weighted by atomic mass is 16.5. The summed E-state index contributed by atoms with van der Waals surface area (Å²) in [7, 11) is 8.17. The van der Waals surface area contributed by atoms with Crippen molar-refractivity contribution < 1.29 is 23.5 Å². The Morgan fingerprint density at radius 1 is 0.815 bits per heavy atom. The van der Waals surface area contributed by atoms with Crippen LogP contribution in [0.3, 0.4) is 0 Å². The van der Waals surface area contributed by atoms with Gasteiger partial charge in [-0.1, -0.05) is 5.16 Å². The first kappa shape index (κ1) is 18.4. The lowest BCUT2D eigenvalue weighted by Crippen LogP contribution is -2.11. The van der Waals surface area contributed by atoms with E-state index in [-0.39, 0.29) is 0 Å². The van der Waals surface area contributed by atoms with Crippen LogP contribution in [-0.2, 0) is 0 Å². The number of anilines is 2. The highest BCUT2D eigenvalue weighted by Gasteiger charge is 2.18. The van der Waals surface area contributed by atoms with Crippen LogP contribution in [0.5, 0.6) is 23.0 Å². The molecule has 0 radical (unpaired) electrons. The molecule has 1 aromatic heterocycles. The van der Waals surface area contributed by atoms with E-state index in [2.05, 4.69) is 10.1 Å². The molecule has 0 N–H and O–H groups in total. The smallest absolute Gasteiger partial charge is 0.328 e. The summed E-state index contributed by atoms with van der Waals surface area (Å²) < 4.78 is 26.7. The van der Waals surface area contributed by atoms with Gasteiger partial charge in [0, 0.05) is 18.7 Å². The van der Waals surface area contributed by atoms with Crippen molar-refractivity contribution in [1.82, 2.24) is 10.1 Å². The normalized spacial score (nSPS) is 10.4. The maximum absolute atomic E-state index is 5.44. The maximum Gasteiger partial charge on any atom is 0.328 e. The summed E-state index contributed by atoms with van der Waals surface area (Å²) in [4.78, 5) is 6.22. The minimum absolute atomic E-state index is 0.322. The van der Waals surface area contributed by atoms with E-state index in [1.807, 2.05) is 25.2 Å². The molecule has 2 aromatic carbocycles. The van der Waals surface area contributed by atoms with Crippen LogP contribution in [0.1, 0.15) is 0 Å². The third kappa shape index (κ3) is 3.59. The summed E-state index contributed by atoms with van der Waals surface area (Å²) in [5, 5.41) is 4.06. The van der Waals surface area contributed by atoms with E-state index < -0.39 is 0 Å². The zero-order valence-corrected chi connectivity index (χ0v) is 15.8. The van der Waals surface area contributed by atoms with Gasteiger partial charge in [-0.05, 0) is 30.3 Å². The molecule has 27 heavy (non-hydrogen) atoms. The minimum Gasteiger partial charge on any atom is -0.497 e. The molecule has 0 aliphatic carbocycles. The minimum atomic E-state index is 0.322. The highest BCUT2D eigenvalue weighted by molar-refractivity contribution is 5.67. The molecule has 0 fully saturated rings. The zero-order valence-electron chi connectivity index (χ0n) is 15.8. The number of methoxy groups -OCH3 is 4. The van der Waals surface area contributed by atoms with Gasteiger partial charge in [-0.25, -0.2) is 0 Å². The molecule has 0 saturated carbocycles. The highest BCUT2D eigenvalue weighted by Crippen LogP contribution is 2.36. The number of nitrogens with zero attached hydrogens (tertiary/aromatic N) is 3. The lowest BCUT2D eigenvalue weighted by molar-refractivity contribution is 0.355. The molecule has 0 saturated heterocycles. The topological polar surface area (TPSA) is 79.1 Å². The molecular formula is C19H21N3O5. The summed E-state index contributed by atoms with van der Waals surface area (Å²) >= 11 is 0. The molecule has 1 heterocycles. The van der Waals surface area contributed by atoms with Crippen LogP contribution >= 0.6 is 0 Å². The fourth-order valence-corrected chi connectivity index (χ4v) is 2.61. The van der Waals surface area contributed by atoms with E-state index in [4.69, 9.17) is 23.5 Å². The number of benzene rings is 2. The Labute approximate surface area is 157 Å². The quantitative estimate of drug-likeness (QED) is 0.624. The van der Waals surface area contributed by atoms with Crippen molar-refractivity contribution in [1.29, 1.82) is 0 Å². The second kappa shape index (κ2) is 7.86. The van der Waals surface area contributed by atoms with Gasteiger partial charge < -0.3 is 23.5 Å². The Hall–Kier alpha value is -3.42. The van der Waals surface area contributed by atoms with Gasteiger partial charge in [0.1, 0.15) is 11.5 Å². The summed E-state index contributed by atoms with van der Waals surface area (Å²) in [5.74, 6) is 2.98. The second-order valence-corrected chi connectivity index (χ2v) is 5.57. The molecule has 0 spiro atoms. The van der Waals surface area contributed by atoms with Crippen molar-refractivity contribution in [2.45, 2.75) is 0 Å². The van der Waals surface area contributed by atoms with Gasteiger partial charge in [-0.2, -0.15) is 4.98 Å². The van der Waals surface area contributed by atoms with Gasteiger partial charge in [-0.15, -0.1) is 0 Å².